The highest BCUT2D eigenvalue weighted by Crippen LogP contribution is 2.03. The number of nitriles is 1. The molecule has 0 bridgehead atoms. The Morgan fingerprint density at radius 1 is 1.56 bits per heavy atom. The van der Waals surface area contributed by atoms with Crippen molar-refractivity contribution in [2.75, 3.05) is 6.54 Å². The first-order valence-corrected chi connectivity index (χ1v) is 5.45. The van der Waals surface area contributed by atoms with E-state index in [-0.39, 0.29) is 11.4 Å². The first-order chi connectivity index (χ1) is 7.40. The minimum atomic E-state index is 0.133. The van der Waals surface area contributed by atoms with Crippen LogP contribution in [0.15, 0.2) is 6.33 Å². The first kappa shape index (κ1) is 12.7. The average Bonchev–Trinajstić information content (AvgIpc) is 2.61. The summed E-state index contributed by atoms with van der Waals surface area (Å²) in [5.74, 6) is 0.684. The van der Waals surface area contributed by atoms with Gasteiger partial charge in [0, 0.05) is 12.1 Å². The van der Waals surface area contributed by atoms with Gasteiger partial charge in [-0.15, -0.1) is 5.10 Å². The molecule has 1 atom stereocenters. The fourth-order valence-electron chi connectivity index (χ4n) is 1.30. The molecule has 0 radical (unpaired) electrons. The number of nitrogens with one attached hydrogen (secondary N) is 1. The van der Waals surface area contributed by atoms with Gasteiger partial charge >= 0.3 is 0 Å². The third-order valence-corrected chi connectivity index (χ3v) is 2.12. The number of aromatic nitrogens is 3. The van der Waals surface area contributed by atoms with Crippen LogP contribution < -0.4 is 5.32 Å². The third kappa shape index (κ3) is 4.41. The van der Waals surface area contributed by atoms with Crippen molar-refractivity contribution in [2.45, 2.75) is 39.8 Å². The zero-order valence-electron chi connectivity index (χ0n) is 10.4. The monoisotopic (exact) mass is 221 g/mol. The molecule has 5 nitrogen and oxygen atoms in total. The smallest absolute Gasteiger partial charge is 0.252 e. The number of rotatable bonds is 4. The van der Waals surface area contributed by atoms with E-state index in [2.05, 4.69) is 43.1 Å². The summed E-state index contributed by atoms with van der Waals surface area (Å²) in [6, 6.07) is 1.92. The van der Waals surface area contributed by atoms with E-state index < -0.39 is 0 Å². The van der Waals surface area contributed by atoms with Crippen LogP contribution in [-0.4, -0.2) is 26.8 Å². The van der Waals surface area contributed by atoms with Gasteiger partial charge in [-0.25, -0.2) is 4.98 Å². The van der Waals surface area contributed by atoms with Gasteiger partial charge in [0.2, 0.25) is 0 Å². The summed E-state index contributed by atoms with van der Waals surface area (Å²) >= 11 is 0. The molecule has 0 amide bonds. The van der Waals surface area contributed by atoms with Gasteiger partial charge in [-0.3, -0.25) is 4.68 Å². The van der Waals surface area contributed by atoms with Crippen LogP contribution in [0, 0.1) is 17.2 Å². The second kappa shape index (κ2) is 5.08. The molecule has 0 aliphatic rings. The van der Waals surface area contributed by atoms with Gasteiger partial charge in [0.05, 0.1) is 0 Å². The van der Waals surface area contributed by atoms with E-state index in [4.69, 9.17) is 5.26 Å². The minimum Gasteiger partial charge on any atom is -0.312 e. The van der Waals surface area contributed by atoms with Crippen molar-refractivity contribution in [3.63, 3.8) is 0 Å². The average molecular weight is 221 g/mol. The Morgan fingerprint density at radius 2 is 2.25 bits per heavy atom. The van der Waals surface area contributed by atoms with E-state index in [1.54, 1.807) is 11.0 Å². The molecule has 0 spiro atoms. The fourth-order valence-corrected chi connectivity index (χ4v) is 1.30. The van der Waals surface area contributed by atoms with Crippen molar-refractivity contribution < 1.29 is 0 Å². The Bertz CT molecular complexity index is 368. The van der Waals surface area contributed by atoms with Crippen LogP contribution >= 0.6 is 0 Å². The summed E-state index contributed by atoms with van der Waals surface area (Å²) in [5.41, 5.74) is 0.133. The summed E-state index contributed by atoms with van der Waals surface area (Å²) < 4.78 is 1.72. The molecule has 16 heavy (non-hydrogen) atoms. The summed E-state index contributed by atoms with van der Waals surface area (Å²) in [4.78, 5) is 3.87. The van der Waals surface area contributed by atoms with Crippen LogP contribution in [0.25, 0.3) is 0 Å². The Labute approximate surface area is 96.5 Å². The van der Waals surface area contributed by atoms with E-state index in [0.717, 1.165) is 13.1 Å². The predicted octanol–water partition coefficient (Wildman–Crippen LogP) is 1.17. The van der Waals surface area contributed by atoms with E-state index in [1.807, 2.05) is 6.07 Å². The normalized spacial score (nSPS) is 13.4. The molecule has 0 saturated heterocycles. The summed E-state index contributed by atoms with van der Waals surface area (Å²) in [5, 5.41) is 16.1. The maximum absolute atomic E-state index is 8.59. The molecule has 1 unspecified atom stereocenters. The number of hydrogen-bond acceptors (Lipinski definition) is 4. The summed E-state index contributed by atoms with van der Waals surface area (Å²) in [6.07, 6.45) is 1.60. The van der Waals surface area contributed by atoms with Crippen LogP contribution in [0.5, 0.6) is 0 Å². The van der Waals surface area contributed by atoms with E-state index in [0.29, 0.717) is 5.92 Å². The van der Waals surface area contributed by atoms with Crippen LogP contribution in [0.1, 0.15) is 33.5 Å². The van der Waals surface area contributed by atoms with Gasteiger partial charge in [0.15, 0.2) is 0 Å². The molecule has 88 valence electrons. The van der Waals surface area contributed by atoms with Crippen molar-refractivity contribution in [3.05, 3.63) is 12.2 Å². The van der Waals surface area contributed by atoms with E-state index >= 15 is 0 Å². The summed E-state index contributed by atoms with van der Waals surface area (Å²) in [6.45, 7) is 10.3. The van der Waals surface area contributed by atoms with Crippen molar-refractivity contribution in [2.24, 2.45) is 5.92 Å². The highest BCUT2D eigenvalue weighted by atomic mass is 15.3. The first-order valence-electron chi connectivity index (χ1n) is 5.45. The zero-order chi connectivity index (χ0) is 12.2. The van der Waals surface area contributed by atoms with Gasteiger partial charge in [-0.1, -0.05) is 6.92 Å². The standard InChI is InChI=1S/C11H19N5/c1-9(6-14-11(2,3)4)7-16-8-13-10(5-12)15-16/h8-9,14H,6-7H2,1-4H3. The molecule has 0 saturated carbocycles. The van der Waals surface area contributed by atoms with Crippen LogP contribution in [0.2, 0.25) is 0 Å². The molecule has 0 aliphatic heterocycles. The Hall–Kier alpha value is -1.41. The maximum Gasteiger partial charge on any atom is 0.252 e. The van der Waals surface area contributed by atoms with E-state index in [9.17, 15) is 0 Å². The van der Waals surface area contributed by atoms with Crippen LogP contribution in [0.4, 0.5) is 0 Å². The van der Waals surface area contributed by atoms with Gasteiger partial charge in [-0.2, -0.15) is 5.26 Å². The minimum absolute atomic E-state index is 0.133. The van der Waals surface area contributed by atoms with Gasteiger partial charge < -0.3 is 5.32 Å². The molecule has 0 aliphatic carbocycles. The van der Waals surface area contributed by atoms with Crippen molar-refractivity contribution in [1.29, 1.82) is 5.26 Å². The number of hydrogen-bond donors (Lipinski definition) is 1. The Balaban J connectivity index is 2.40. The lowest BCUT2D eigenvalue weighted by Gasteiger charge is -2.23. The molecular weight excluding hydrogens is 202 g/mol. The largest absolute Gasteiger partial charge is 0.312 e. The molecule has 0 aromatic carbocycles. The topological polar surface area (TPSA) is 66.5 Å². The lowest BCUT2D eigenvalue weighted by molar-refractivity contribution is 0.351. The zero-order valence-corrected chi connectivity index (χ0v) is 10.4. The predicted molar refractivity (Wildman–Crippen MR) is 61.7 cm³/mol. The van der Waals surface area contributed by atoms with Gasteiger partial charge in [0.1, 0.15) is 12.4 Å². The van der Waals surface area contributed by atoms with Crippen LogP contribution in [0.3, 0.4) is 0 Å². The third-order valence-electron chi connectivity index (χ3n) is 2.12. The second-order valence-corrected chi connectivity index (χ2v) is 5.14. The van der Waals surface area contributed by atoms with Gasteiger partial charge in [-0.05, 0) is 33.2 Å². The van der Waals surface area contributed by atoms with E-state index in [1.165, 1.54) is 0 Å². The molecule has 1 N–H and O–H groups in total. The number of nitrogens with zero attached hydrogens (tertiary/aromatic N) is 4. The van der Waals surface area contributed by atoms with Crippen LogP contribution in [-0.2, 0) is 6.54 Å². The molecule has 1 rings (SSSR count). The molecule has 1 aromatic rings. The quantitative estimate of drug-likeness (QED) is 0.829. The molecule has 0 fully saturated rings. The molecule has 5 heteroatoms. The van der Waals surface area contributed by atoms with Crippen molar-refractivity contribution in [1.82, 2.24) is 20.1 Å². The summed E-state index contributed by atoms with van der Waals surface area (Å²) in [7, 11) is 0. The highest BCUT2D eigenvalue weighted by Gasteiger charge is 2.11. The SMILES string of the molecule is CC(CNC(C)(C)C)Cn1cnc(C#N)n1. The van der Waals surface area contributed by atoms with Gasteiger partial charge in [0.25, 0.3) is 5.82 Å². The molecular formula is C11H19N5. The highest BCUT2D eigenvalue weighted by molar-refractivity contribution is 5.05. The Kier molecular flexibility index (Phi) is 4.02. The lowest BCUT2D eigenvalue weighted by Crippen LogP contribution is -2.39. The lowest BCUT2D eigenvalue weighted by atomic mass is 10.1. The molecule has 1 heterocycles. The fraction of sp³-hybridized carbons (Fsp3) is 0.727. The maximum atomic E-state index is 8.59. The molecule has 1 aromatic heterocycles. The Morgan fingerprint density at radius 3 is 2.75 bits per heavy atom. The van der Waals surface area contributed by atoms with Crippen molar-refractivity contribution in [3.8, 4) is 6.07 Å². The second-order valence-electron chi connectivity index (χ2n) is 5.14. The van der Waals surface area contributed by atoms with Crippen molar-refractivity contribution >= 4 is 0 Å².